The molecule has 1 saturated heterocycles. The lowest BCUT2D eigenvalue weighted by Gasteiger charge is -2.31. The van der Waals surface area contributed by atoms with E-state index < -0.39 is 15.3 Å². The maximum atomic E-state index is 12.0. The average molecular weight is 304 g/mol. The monoisotopic (exact) mass is 303 g/mol. The zero-order valence-corrected chi connectivity index (χ0v) is 12.4. The zero-order valence-electron chi connectivity index (χ0n) is 10.8. The van der Waals surface area contributed by atoms with Crippen molar-refractivity contribution in [2.45, 2.75) is 18.1 Å². The van der Waals surface area contributed by atoms with Crippen molar-refractivity contribution in [3.8, 4) is 0 Å². The van der Waals surface area contributed by atoms with E-state index in [-0.39, 0.29) is 5.92 Å². The molecule has 1 aliphatic rings. The molecule has 19 heavy (non-hydrogen) atoms. The van der Waals surface area contributed by atoms with Crippen LogP contribution in [-0.2, 0) is 21.2 Å². The summed E-state index contributed by atoms with van der Waals surface area (Å²) in [5.41, 5.74) is 1.04. The molecule has 0 amide bonds. The Bertz CT molecular complexity index is 532. The maximum Gasteiger partial charge on any atom is 0.214 e. The first-order valence-electron chi connectivity index (χ1n) is 6.27. The van der Waals surface area contributed by atoms with E-state index in [0.29, 0.717) is 31.1 Å². The van der Waals surface area contributed by atoms with Gasteiger partial charge in [-0.3, -0.25) is 0 Å². The molecule has 1 aromatic carbocycles. The standard InChI is InChI=1S/C13H18ClNO3S/c1-15-19(16,17)13-5-6-18-9-11(13)7-10-3-2-4-12(14)8-10/h2-4,8,11,13,15H,5-7,9H2,1H3/t11-,13+/m0/s1. The molecule has 0 saturated carbocycles. The van der Waals surface area contributed by atoms with Crippen molar-refractivity contribution in [2.24, 2.45) is 5.92 Å². The number of hydrogen-bond donors (Lipinski definition) is 1. The van der Waals surface area contributed by atoms with E-state index in [1.807, 2.05) is 24.3 Å². The summed E-state index contributed by atoms with van der Waals surface area (Å²) in [4.78, 5) is 0. The van der Waals surface area contributed by atoms with Gasteiger partial charge in [0.05, 0.1) is 11.9 Å². The van der Waals surface area contributed by atoms with Gasteiger partial charge in [0.1, 0.15) is 0 Å². The summed E-state index contributed by atoms with van der Waals surface area (Å²) >= 11 is 5.95. The van der Waals surface area contributed by atoms with Crippen LogP contribution in [0, 0.1) is 5.92 Å². The third-order valence-electron chi connectivity index (χ3n) is 3.47. The summed E-state index contributed by atoms with van der Waals surface area (Å²) in [6.45, 7) is 0.968. The zero-order chi connectivity index (χ0) is 13.9. The Hall–Kier alpha value is -0.620. The molecule has 4 nitrogen and oxygen atoms in total. The molecule has 0 aliphatic carbocycles. The number of halogens is 1. The van der Waals surface area contributed by atoms with Crippen LogP contribution in [-0.4, -0.2) is 33.9 Å². The van der Waals surface area contributed by atoms with Gasteiger partial charge in [-0.2, -0.15) is 0 Å². The Morgan fingerprint density at radius 1 is 1.47 bits per heavy atom. The molecule has 0 aromatic heterocycles. The minimum absolute atomic E-state index is 0.0373. The Balaban J connectivity index is 2.17. The molecule has 1 N–H and O–H groups in total. The van der Waals surface area contributed by atoms with Crippen molar-refractivity contribution >= 4 is 21.6 Å². The van der Waals surface area contributed by atoms with Gasteiger partial charge < -0.3 is 4.74 Å². The van der Waals surface area contributed by atoms with Gasteiger partial charge >= 0.3 is 0 Å². The SMILES string of the molecule is CNS(=O)(=O)[C@@H]1CCOC[C@@H]1Cc1cccc(Cl)c1. The van der Waals surface area contributed by atoms with Crippen molar-refractivity contribution < 1.29 is 13.2 Å². The van der Waals surface area contributed by atoms with Gasteiger partial charge in [-0.1, -0.05) is 23.7 Å². The minimum Gasteiger partial charge on any atom is -0.381 e. The van der Waals surface area contributed by atoms with Crippen LogP contribution in [0.1, 0.15) is 12.0 Å². The molecule has 1 fully saturated rings. The van der Waals surface area contributed by atoms with E-state index in [0.717, 1.165) is 5.56 Å². The molecule has 1 aliphatic heterocycles. The van der Waals surface area contributed by atoms with Gasteiger partial charge in [0.2, 0.25) is 10.0 Å². The number of hydrogen-bond acceptors (Lipinski definition) is 3. The lowest BCUT2D eigenvalue weighted by atomic mass is 9.94. The van der Waals surface area contributed by atoms with Crippen LogP contribution in [0.25, 0.3) is 0 Å². The van der Waals surface area contributed by atoms with E-state index in [9.17, 15) is 8.42 Å². The first-order chi connectivity index (χ1) is 9.03. The summed E-state index contributed by atoms with van der Waals surface area (Å²) in [5, 5.41) is 0.271. The lowest BCUT2D eigenvalue weighted by molar-refractivity contribution is 0.0570. The van der Waals surface area contributed by atoms with E-state index in [4.69, 9.17) is 16.3 Å². The topological polar surface area (TPSA) is 55.4 Å². The first-order valence-corrected chi connectivity index (χ1v) is 8.20. The normalized spacial score (nSPS) is 24.3. The number of benzene rings is 1. The smallest absolute Gasteiger partial charge is 0.214 e. The Labute approximate surface area is 119 Å². The van der Waals surface area contributed by atoms with Gasteiger partial charge in [-0.05, 0) is 37.6 Å². The highest BCUT2D eigenvalue weighted by Crippen LogP contribution is 2.25. The molecule has 0 spiro atoms. The number of nitrogens with one attached hydrogen (secondary N) is 1. The fourth-order valence-electron chi connectivity index (χ4n) is 2.49. The number of rotatable bonds is 4. The van der Waals surface area contributed by atoms with Gasteiger partial charge in [-0.25, -0.2) is 13.1 Å². The highest BCUT2D eigenvalue weighted by atomic mass is 35.5. The van der Waals surface area contributed by atoms with E-state index >= 15 is 0 Å². The van der Waals surface area contributed by atoms with Crippen molar-refractivity contribution in [3.63, 3.8) is 0 Å². The van der Waals surface area contributed by atoms with Crippen LogP contribution in [0.5, 0.6) is 0 Å². The molecule has 0 bridgehead atoms. The van der Waals surface area contributed by atoms with Gasteiger partial charge in [0.25, 0.3) is 0 Å². The highest BCUT2D eigenvalue weighted by Gasteiger charge is 2.35. The highest BCUT2D eigenvalue weighted by molar-refractivity contribution is 7.90. The van der Waals surface area contributed by atoms with Crippen LogP contribution in [0.4, 0.5) is 0 Å². The molecular formula is C13H18ClNO3S. The first kappa shape index (κ1) is 14.8. The van der Waals surface area contributed by atoms with E-state index in [1.54, 1.807) is 0 Å². The molecule has 2 rings (SSSR count). The van der Waals surface area contributed by atoms with Gasteiger partial charge in [-0.15, -0.1) is 0 Å². The Morgan fingerprint density at radius 2 is 2.26 bits per heavy atom. The van der Waals surface area contributed by atoms with Crippen LogP contribution < -0.4 is 4.72 Å². The summed E-state index contributed by atoms with van der Waals surface area (Å²) in [6.07, 6.45) is 1.19. The third kappa shape index (κ3) is 3.69. The second-order valence-corrected chi connectivity index (χ2v) is 7.29. The largest absolute Gasteiger partial charge is 0.381 e. The molecular weight excluding hydrogens is 286 g/mol. The van der Waals surface area contributed by atoms with Gasteiger partial charge in [0.15, 0.2) is 0 Å². The molecule has 0 radical (unpaired) electrons. The van der Waals surface area contributed by atoms with Crippen molar-refractivity contribution in [2.75, 3.05) is 20.3 Å². The minimum atomic E-state index is -3.26. The van der Waals surface area contributed by atoms with Crippen LogP contribution >= 0.6 is 11.6 Å². The molecule has 1 aromatic rings. The van der Waals surface area contributed by atoms with E-state index in [2.05, 4.69) is 4.72 Å². The summed E-state index contributed by atoms with van der Waals surface area (Å²) in [7, 11) is -1.80. The Kier molecular flexibility index (Phi) is 4.84. The Morgan fingerprint density at radius 3 is 2.95 bits per heavy atom. The van der Waals surface area contributed by atoms with Gasteiger partial charge in [0, 0.05) is 17.5 Å². The molecule has 2 atom stereocenters. The number of sulfonamides is 1. The maximum absolute atomic E-state index is 12.0. The third-order valence-corrected chi connectivity index (χ3v) is 5.70. The average Bonchev–Trinajstić information content (AvgIpc) is 2.39. The summed E-state index contributed by atoms with van der Waals surface area (Å²) in [6, 6.07) is 7.52. The van der Waals surface area contributed by atoms with Crippen molar-refractivity contribution in [1.82, 2.24) is 4.72 Å². The quantitative estimate of drug-likeness (QED) is 0.923. The predicted molar refractivity (Wildman–Crippen MR) is 75.8 cm³/mol. The molecule has 106 valence electrons. The van der Waals surface area contributed by atoms with E-state index in [1.165, 1.54) is 7.05 Å². The fraction of sp³-hybridized carbons (Fsp3) is 0.538. The van der Waals surface area contributed by atoms with Crippen molar-refractivity contribution in [3.05, 3.63) is 34.9 Å². The van der Waals surface area contributed by atoms with Crippen LogP contribution in [0.3, 0.4) is 0 Å². The van der Waals surface area contributed by atoms with Crippen molar-refractivity contribution in [1.29, 1.82) is 0 Å². The molecule has 1 heterocycles. The fourth-order valence-corrected chi connectivity index (χ4v) is 4.10. The molecule has 6 heteroatoms. The second kappa shape index (κ2) is 6.22. The number of ether oxygens (including phenoxy) is 1. The van der Waals surface area contributed by atoms with Crippen LogP contribution in [0.15, 0.2) is 24.3 Å². The summed E-state index contributed by atoms with van der Waals surface area (Å²) in [5.74, 6) is -0.0373. The molecule has 0 unspecified atom stereocenters. The predicted octanol–water partition coefficient (Wildman–Crippen LogP) is 1.84. The lowest BCUT2D eigenvalue weighted by Crippen LogP contribution is -2.43. The van der Waals surface area contributed by atoms with Crippen LogP contribution in [0.2, 0.25) is 5.02 Å². The second-order valence-electron chi connectivity index (χ2n) is 4.75. The summed E-state index contributed by atoms with van der Waals surface area (Å²) < 4.78 is 31.9.